The quantitative estimate of drug-likeness (QED) is 0.596. The van der Waals surface area contributed by atoms with E-state index < -0.39 is 8.07 Å². The van der Waals surface area contributed by atoms with Crippen molar-refractivity contribution in [2.75, 3.05) is 6.61 Å². The summed E-state index contributed by atoms with van der Waals surface area (Å²) in [6.45, 7) is 9.38. The van der Waals surface area contributed by atoms with Crippen LogP contribution in [0, 0.1) is 0 Å². The minimum absolute atomic E-state index is 0.200. The summed E-state index contributed by atoms with van der Waals surface area (Å²) in [6.07, 6.45) is 0.752. The lowest BCUT2D eigenvalue weighted by Crippen LogP contribution is -2.41. The third-order valence-corrected chi connectivity index (χ3v) is 7.57. The molecule has 0 aliphatic rings. The van der Waals surface area contributed by atoms with E-state index >= 15 is 0 Å². The molecule has 0 saturated heterocycles. The highest BCUT2D eigenvalue weighted by atomic mass is 28.3. The number of benzene rings is 2. The predicted molar refractivity (Wildman–Crippen MR) is 98.4 cm³/mol. The van der Waals surface area contributed by atoms with Crippen LogP contribution in [0.5, 0.6) is 0 Å². The molecule has 1 N–H and O–H groups in total. The lowest BCUT2D eigenvalue weighted by Gasteiger charge is -2.28. The minimum atomic E-state index is -1.55. The SMILES string of the molecule is C=C(C[Si](C)(C)c1ccccc1)C(CCO)c1ccccc1. The van der Waals surface area contributed by atoms with Crippen LogP contribution in [-0.4, -0.2) is 19.8 Å². The van der Waals surface area contributed by atoms with Crippen molar-refractivity contribution in [1.29, 1.82) is 0 Å². The van der Waals surface area contributed by atoms with Crippen LogP contribution >= 0.6 is 0 Å². The van der Waals surface area contributed by atoms with Gasteiger partial charge >= 0.3 is 0 Å². The number of aliphatic hydroxyl groups is 1. The second-order valence-corrected chi connectivity index (χ2v) is 11.3. The maximum absolute atomic E-state index is 9.43. The highest BCUT2D eigenvalue weighted by Crippen LogP contribution is 2.32. The molecule has 116 valence electrons. The van der Waals surface area contributed by atoms with Crippen molar-refractivity contribution in [1.82, 2.24) is 0 Å². The van der Waals surface area contributed by atoms with Crippen LogP contribution < -0.4 is 5.19 Å². The van der Waals surface area contributed by atoms with Crippen LogP contribution in [0.3, 0.4) is 0 Å². The summed E-state index contributed by atoms with van der Waals surface area (Å²) in [6, 6.07) is 22.3. The summed E-state index contributed by atoms with van der Waals surface area (Å²) in [5, 5.41) is 10.9. The van der Waals surface area contributed by atoms with Crippen LogP contribution in [0.2, 0.25) is 19.1 Å². The van der Waals surface area contributed by atoms with Crippen LogP contribution in [0.25, 0.3) is 0 Å². The Kier molecular flexibility index (Phi) is 5.75. The highest BCUT2D eigenvalue weighted by Gasteiger charge is 2.27. The van der Waals surface area contributed by atoms with E-state index in [1.165, 1.54) is 16.3 Å². The molecule has 0 radical (unpaired) electrons. The molecule has 0 heterocycles. The number of hydrogen-bond acceptors (Lipinski definition) is 1. The maximum atomic E-state index is 9.43. The Morgan fingerprint density at radius 1 is 1.00 bits per heavy atom. The van der Waals surface area contributed by atoms with Crippen LogP contribution in [0.15, 0.2) is 72.8 Å². The average molecular weight is 311 g/mol. The van der Waals surface area contributed by atoms with Gasteiger partial charge in [-0.1, -0.05) is 91.1 Å². The summed E-state index contributed by atoms with van der Waals surface area (Å²) < 4.78 is 0. The van der Waals surface area contributed by atoms with Crippen molar-refractivity contribution in [3.05, 3.63) is 78.4 Å². The van der Waals surface area contributed by atoms with E-state index in [0.717, 1.165) is 12.5 Å². The van der Waals surface area contributed by atoms with E-state index in [0.29, 0.717) is 0 Å². The molecule has 1 nitrogen and oxygen atoms in total. The zero-order chi connectivity index (χ0) is 16.0. The maximum Gasteiger partial charge on any atom is 0.0846 e. The molecule has 0 fully saturated rings. The van der Waals surface area contributed by atoms with Gasteiger partial charge in [-0.2, -0.15) is 0 Å². The Hall–Kier alpha value is -1.64. The summed E-state index contributed by atoms with van der Waals surface area (Å²) in [5.41, 5.74) is 2.51. The zero-order valence-electron chi connectivity index (χ0n) is 13.6. The summed E-state index contributed by atoms with van der Waals surface area (Å²) in [5.74, 6) is 0.252. The fourth-order valence-corrected chi connectivity index (χ4v) is 5.78. The van der Waals surface area contributed by atoms with Gasteiger partial charge in [0.1, 0.15) is 0 Å². The van der Waals surface area contributed by atoms with Crippen LogP contribution in [-0.2, 0) is 0 Å². The second kappa shape index (κ2) is 7.57. The molecule has 1 unspecified atom stereocenters. The minimum Gasteiger partial charge on any atom is -0.396 e. The molecule has 0 aromatic heterocycles. The monoisotopic (exact) mass is 310 g/mol. The van der Waals surface area contributed by atoms with Gasteiger partial charge in [0.05, 0.1) is 8.07 Å². The van der Waals surface area contributed by atoms with Crippen LogP contribution in [0.1, 0.15) is 17.9 Å². The van der Waals surface area contributed by atoms with E-state index in [9.17, 15) is 5.11 Å². The molecule has 0 aliphatic carbocycles. The van der Waals surface area contributed by atoms with Crippen molar-refractivity contribution in [2.45, 2.75) is 31.5 Å². The van der Waals surface area contributed by atoms with Gasteiger partial charge in [0.2, 0.25) is 0 Å². The van der Waals surface area contributed by atoms with E-state index in [1.807, 2.05) is 6.07 Å². The highest BCUT2D eigenvalue weighted by molar-refractivity contribution is 6.90. The largest absolute Gasteiger partial charge is 0.396 e. The van der Waals surface area contributed by atoms with Gasteiger partial charge in [-0.25, -0.2) is 0 Å². The lowest BCUT2D eigenvalue weighted by atomic mass is 9.90. The first kappa shape index (κ1) is 16.7. The van der Waals surface area contributed by atoms with Crippen molar-refractivity contribution in [3.63, 3.8) is 0 Å². The smallest absolute Gasteiger partial charge is 0.0846 e. The molecule has 0 amide bonds. The fraction of sp³-hybridized carbons (Fsp3) is 0.300. The molecule has 1 atom stereocenters. The summed E-state index contributed by atoms with van der Waals surface area (Å²) in [7, 11) is -1.55. The van der Waals surface area contributed by atoms with Gasteiger partial charge in [-0.3, -0.25) is 0 Å². The first-order chi connectivity index (χ1) is 10.5. The molecule has 0 bridgehead atoms. The number of aliphatic hydroxyl groups excluding tert-OH is 1. The molecule has 2 heteroatoms. The van der Waals surface area contributed by atoms with Gasteiger partial charge in [0.25, 0.3) is 0 Å². The van der Waals surface area contributed by atoms with Gasteiger partial charge in [-0.15, -0.1) is 0 Å². The third kappa shape index (κ3) is 4.18. The Labute approximate surface area is 135 Å². The van der Waals surface area contributed by atoms with Crippen molar-refractivity contribution in [3.8, 4) is 0 Å². The number of rotatable bonds is 7. The van der Waals surface area contributed by atoms with Gasteiger partial charge in [0.15, 0.2) is 0 Å². The zero-order valence-corrected chi connectivity index (χ0v) is 14.6. The Bertz CT molecular complexity index is 590. The molecule has 0 spiro atoms. The standard InChI is InChI=1S/C20H26OSi/c1-17(16-22(2,3)19-12-8-5-9-13-19)20(14-15-21)18-10-6-4-7-11-18/h4-13,20-21H,1,14-16H2,2-3H3. The average Bonchev–Trinajstić information content (AvgIpc) is 2.54. The van der Waals surface area contributed by atoms with E-state index in [4.69, 9.17) is 0 Å². The molecule has 2 aromatic carbocycles. The van der Waals surface area contributed by atoms with Gasteiger partial charge in [0, 0.05) is 12.5 Å². The van der Waals surface area contributed by atoms with Gasteiger partial charge in [-0.05, 0) is 18.0 Å². The summed E-state index contributed by atoms with van der Waals surface area (Å²) in [4.78, 5) is 0. The molecular formula is C20H26OSi. The first-order valence-electron chi connectivity index (χ1n) is 7.93. The fourth-order valence-electron chi connectivity index (χ4n) is 3.10. The molecule has 22 heavy (non-hydrogen) atoms. The van der Waals surface area contributed by atoms with Crippen molar-refractivity contribution in [2.24, 2.45) is 0 Å². The second-order valence-electron chi connectivity index (χ2n) is 6.56. The third-order valence-electron chi connectivity index (χ3n) is 4.34. The number of hydrogen-bond donors (Lipinski definition) is 1. The lowest BCUT2D eigenvalue weighted by molar-refractivity contribution is 0.281. The number of allylic oxidation sites excluding steroid dienone is 1. The Balaban J connectivity index is 2.18. The molecular weight excluding hydrogens is 284 g/mol. The van der Waals surface area contributed by atoms with Crippen molar-refractivity contribution < 1.29 is 5.11 Å². The topological polar surface area (TPSA) is 20.2 Å². The van der Waals surface area contributed by atoms with Gasteiger partial charge < -0.3 is 5.11 Å². The summed E-state index contributed by atoms with van der Waals surface area (Å²) >= 11 is 0. The molecule has 0 aliphatic heterocycles. The van der Waals surface area contributed by atoms with Crippen molar-refractivity contribution >= 4 is 13.3 Å². The predicted octanol–water partition coefficient (Wildman–Crippen LogP) is 4.32. The van der Waals surface area contributed by atoms with E-state index in [1.54, 1.807) is 0 Å². The molecule has 2 rings (SSSR count). The van der Waals surface area contributed by atoms with E-state index in [2.05, 4.69) is 74.3 Å². The first-order valence-corrected chi connectivity index (χ1v) is 11.1. The Morgan fingerprint density at radius 3 is 2.09 bits per heavy atom. The van der Waals surface area contributed by atoms with E-state index in [-0.39, 0.29) is 12.5 Å². The molecule has 2 aromatic rings. The van der Waals surface area contributed by atoms with Crippen LogP contribution in [0.4, 0.5) is 0 Å². The molecule has 0 saturated carbocycles. The Morgan fingerprint density at radius 2 is 1.55 bits per heavy atom. The normalized spacial score (nSPS) is 12.9.